The van der Waals surface area contributed by atoms with Gasteiger partial charge in [-0.15, -0.1) is 0 Å². The molecule has 0 aliphatic heterocycles. The first-order chi connectivity index (χ1) is 12.5. The number of hydrogen-bond donors (Lipinski definition) is 1. The summed E-state index contributed by atoms with van der Waals surface area (Å²) in [4.78, 5) is 12.2. The number of aryl methyl sites for hydroxylation is 2. The predicted octanol–water partition coefficient (Wildman–Crippen LogP) is 2.51. The van der Waals surface area contributed by atoms with Gasteiger partial charge in [0.05, 0.1) is 6.07 Å². The second-order valence-corrected chi connectivity index (χ2v) is 5.85. The normalized spacial score (nSPS) is 10.3. The summed E-state index contributed by atoms with van der Waals surface area (Å²) >= 11 is 0. The van der Waals surface area contributed by atoms with Crippen LogP contribution < -0.4 is 10.1 Å². The van der Waals surface area contributed by atoms with Crippen molar-refractivity contribution in [2.24, 2.45) is 0 Å². The molecule has 1 amide bonds. The van der Waals surface area contributed by atoms with Crippen LogP contribution in [0.15, 0.2) is 42.7 Å². The van der Waals surface area contributed by atoms with Crippen LogP contribution in [0, 0.1) is 25.2 Å². The second-order valence-electron chi connectivity index (χ2n) is 5.85. The van der Waals surface area contributed by atoms with Crippen LogP contribution in [-0.2, 0) is 13.3 Å². The lowest BCUT2D eigenvalue weighted by Gasteiger charge is -2.08. The highest BCUT2D eigenvalue weighted by Crippen LogP contribution is 2.16. The molecule has 0 aliphatic carbocycles. The molecule has 0 radical (unpaired) electrons. The van der Waals surface area contributed by atoms with Crippen molar-refractivity contribution in [3.63, 3.8) is 0 Å². The van der Waals surface area contributed by atoms with Gasteiger partial charge in [0.15, 0.2) is 18.2 Å². The van der Waals surface area contributed by atoms with E-state index in [0.29, 0.717) is 5.82 Å². The summed E-state index contributed by atoms with van der Waals surface area (Å²) in [7, 11) is 0. The number of benzene rings is 1. The van der Waals surface area contributed by atoms with E-state index < -0.39 is 0 Å². The van der Waals surface area contributed by atoms with Crippen LogP contribution in [0.3, 0.4) is 0 Å². The van der Waals surface area contributed by atoms with E-state index in [-0.39, 0.29) is 24.9 Å². The molecule has 0 unspecified atom stereocenters. The van der Waals surface area contributed by atoms with Crippen molar-refractivity contribution >= 4 is 11.7 Å². The Morgan fingerprint density at radius 3 is 2.62 bits per heavy atom. The van der Waals surface area contributed by atoms with Crippen LogP contribution in [0.25, 0.3) is 0 Å². The van der Waals surface area contributed by atoms with Crippen LogP contribution in [0.1, 0.15) is 21.6 Å². The van der Waals surface area contributed by atoms with Gasteiger partial charge in [-0.25, -0.2) is 4.68 Å². The number of amides is 1. The van der Waals surface area contributed by atoms with E-state index in [1.807, 2.05) is 32.0 Å². The third-order valence-corrected chi connectivity index (χ3v) is 3.55. The van der Waals surface area contributed by atoms with Gasteiger partial charge < -0.3 is 10.1 Å². The number of nitriles is 1. The lowest BCUT2D eigenvalue weighted by atomic mass is 10.1. The fraction of sp³-hybridized carbons (Fsp3) is 0.222. The highest BCUT2D eigenvalue weighted by molar-refractivity contribution is 6.02. The summed E-state index contributed by atoms with van der Waals surface area (Å²) in [5, 5.41) is 19.5. The maximum absolute atomic E-state index is 12.2. The molecule has 0 bridgehead atoms. The number of ether oxygens (including phenoxy) is 1. The van der Waals surface area contributed by atoms with Crippen LogP contribution in [-0.4, -0.2) is 25.5 Å². The average Bonchev–Trinajstić information content (AvgIpc) is 3.22. The first-order valence-corrected chi connectivity index (χ1v) is 8.00. The number of anilines is 1. The molecule has 3 rings (SSSR count). The fourth-order valence-electron chi connectivity index (χ4n) is 2.48. The number of nitrogens with zero attached hydrogens (tertiary/aromatic N) is 5. The maximum Gasteiger partial charge on any atom is 0.277 e. The smallest absolute Gasteiger partial charge is 0.277 e. The molecule has 0 atom stereocenters. The minimum Gasteiger partial charge on any atom is -0.471 e. The standard InChI is InChI=1S/C18H18N6O2/c1-13-9-14(2)11-15(10-13)26-12-24-6-3-16(21-24)18(25)20-17-4-7-23(22-17)8-5-19/h3-4,6-7,9-11H,8,12H2,1-2H3,(H,20,22,25). The van der Waals surface area contributed by atoms with Gasteiger partial charge in [-0.1, -0.05) is 6.07 Å². The minimum absolute atomic E-state index is 0.125. The zero-order chi connectivity index (χ0) is 18.5. The molecule has 2 aromatic heterocycles. The Bertz CT molecular complexity index is 946. The van der Waals surface area contributed by atoms with Gasteiger partial charge in [-0.05, 0) is 43.2 Å². The van der Waals surface area contributed by atoms with Crippen molar-refractivity contribution in [2.45, 2.75) is 27.1 Å². The van der Waals surface area contributed by atoms with E-state index >= 15 is 0 Å². The molecular weight excluding hydrogens is 332 g/mol. The van der Waals surface area contributed by atoms with E-state index in [4.69, 9.17) is 10.00 Å². The summed E-state index contributed by atoms with van der Waals surface area (Å²) in [6, 6.07) is 11.2. The second kappa shape index (κ2) is 7.53. The number of carbonyl (C=O) groups is 1. The summed E-state index contributed by atoms with van der Waals surface area (Å²) in [5.41, 5.74) is 2.50. The largest absolute Gasteiger partial charge is 0.471 e. The van der Waals surface area contributed by atoms with Crippen molar-refractivity contribution in [1.82, 2.24) is 19.6 Å². The SMILES string of the molecule is Cc1cc(C)cc(OCn2ccc(C(=O)Nc3ccn(CC#N)n3)n2)c1. The third kappa shape index (κ3) is 4.27. The molecule has 0 saturated heterocycles. The number of nitrogens with one attached hydrogen (secondary N) is 1. The first kappa shape index (κ1) is 17.2. The lowest BCUT2D eigenvalue weighted by molar-refractivity contribution is 0.102. The van der Waals surface area contributed by atoms with E-state index in [0.717, 1.165) is 16.9 Å². The van der Waals surface area contributed by atoms with Gasteiger partial charge in [0.1, 0.15) is 12.3 Å². The first-order valence-electron chi connectivity index (χ1n) is 8.00. The molecule has 3 aromatic rings. The third-order valence-electron chi connectivity index (χ3n) is 3.55. The maximum atomic E-state index is 12.2. The number of rotatable bonds is 6. The molecule has 0 fully saturated rings. The molecule has 1 N–H and O–H groups in total. The Kier molecular flexibility index (Phi) is 4.99. The molecule has 26 heavy (non-hydrogen) atoms. The number of aromatic nitrogens is 4. The fourth-order valence-corrected chi connectivity index (χ4v) is 2.48. The Hall–Kier alpha value is -3.60. The number of carbonyl (C=O) groups excluding carboxylic acids is 1. The van der Waals surface area contributed by atoms with Crippen LogP contribution in [0.2, 0.25) is 0 Å². The molecule has 0 saturated carbocycles. The van der Waals surface area contributed by atoms with Crippen molar-refractivity contribution in [3.05, 3.63) is 59.5 Å². The average molecular weight is 350 g/mol. The van der Waals surface area contributed by atoms with E-state index in [2.05, 4.69) is 21.6 Å². The van der Waals surface area contributed by atoms with Crippen molar-refractivity contribution in [2.75, 3.05) is 5.32 Å². The molecule has 2 heterocycles. The molecule has 8 heteroatoms. The molecular formula is C18H18N6O2. The lowest BCUT2D eigenvalue weighted by Crippen LogP contribution is -2.15. The molecule has 1 aromatic carbocycles. The van der Waals surface area contributed by atoms with E-state index in [1.165, 1.54) is 4.68 Å². The predicted molar refractivity (Wildman–Crippen MR) is 94.6 cm³/mol. The van der Waals surface area contributed by atoms with Gasteiger partial charge in [0, 0.05) is 18.5 Å². The molecule has 132 valence electrons. The van der Waals surface area contributed by atoms with Crippen molar-refractivity contribution in [1.29, 1.82) is 5.26 Å². The topological polar surface area (TPSA) is 97.8 Å². The van der Waals surface area contributed by atoms with Gasteiger partial charge >= 0.3 is 0 Å². The zero-order valence-corrected chi connectivity index (χ0v) is 14.5. The zero-order valence-electron chi connectivity index (χ0n) is 14.5. The number of hydrogen-bond acceptors (Lipinski definition) is 5. The van der Waals surface area contributed by atoms with Crippen LogP contribution in [0.5, 0.6) is 5.75 Å². The van der Waals surface area contributed by atoms with Gasteiger partial charge in [0.2, 0.25) is 0 Å². The molecule has 8 nitrogen and oxygen atoms in total. The van der Waals surface area contributed by atoms with E-state index in [1.54, 1.807) is 29.2 Å². The van der Waals surface area contributed by atoms with Gasteiger partial charge in [0.25, 0.3) is 5.91 Å². The Morgan fingerprint density at radius 2 is 1.88 bits per heavy atom. The molecule has 0 aliphatic rings. The summed E-state index contributed by atoms with van der Waals surface area (Å²) in [6.45, 7) is 4.34. The Labute approximate surface area is 150 Å². The highest BCUT2D eigenvalue weighted by atomic mass is 16.5. The summed E-state index contributed by atoms with van der Waals surface area (Å²) in [5.74, 6) is 0.746. The van der Waals surface area contributed by atoms with Crippen LogP contribution in [0.4, 0.5) is 5.82 Å². The van der Waals surface area contributed by atoms with Crippen molar-refractivity contribution in [3.8, 4) is 11.8 Å². The monoisotopic (exact) mass is 350 g/mol. The van der Waals surface area contributed by atoms with Crippen LogP contribution >= 0.6 is 0 Å². The summed E-state index contributed by atoms with van der Waals surface area (Å²) in [6.07, 6.45) is 3.29. The molecule has 0 spiro atoms. The highest BCUT2D eigenvalue weighted by Gasteiger charge is 2.11. The Morgan fingerprint density at radius 1 is 1.15 bits per heavy atom. The Balaban J connectivity index is 1.59. The van der Waals surface area contributed by atoms with Gasteiger partial charge in [-0.3, -0.25) is 9.48 Å². The van der Waals surface area contributed by atoms with Gasteiger partial charge in [-0.2, -0.15) is 15.5 Å². The quantitative estimate of drug-likeness (QED) is 0.736. The van der Waals surface area contributed by atoms with E-state index in [9.17, 15) is 4.79 Å². The van der Waals surface area contributed by atoms with Crippen molar-refractivity contribution < 1.29 is 9.53 Å². The summed E-state index contributed by atoms with van der Waals surface area (Å²) < 4.78 is 8.70. The minimum atomic E-state index is -0.377.